The first-order valence-corrected chi connectivity index (χ1v) is 9.65. The standard InChI is InChI=1S/C17H18F3N3O4S/c1-2-4-13(10-17(18,19)20)22-16(25)12-5-3-6-14(9-12)28(26,27)23-8-7-21-15(24)11-23/h1,3,5-6,9,13H,4,7-8,10-11H2,(H,21,24)(H,22,25). The minimum absolute atomic E-state index is 0.0698. The van der Waals surface area contributed by atoms with Gasteiger partial charge in [-0.2, -0.15) is 17.5 Å². The number of halogens is 3. The van der Waals surface area contributed by atoms with Gasteiger partial charge in [0.05, 0.1) is 17.9 Å². The van der Waals surface area contributed by atoms with E-state index in [0.29, 0.717) is 0 Å². The summed E-state index contributed by atoms with van der Waals surface area (Å²) in [6.07, 6.45) is -1.10. The van der Waals surface area contributed by atoms with E-state index in [-0.39, 0.29) is 36.5 Å². The van der Waals surface area contributed by atoms with E-state index in [2.05, 4.69) is 16.6 Å². The molecule has 2 N–H and O–H groups in total. The number of piperazine rings is 1. The van der Waals surface area contributed by atoms with Gasteiger partial charge < -0.3 is 10.6 Å². The lowest BCUT2D eigenvalue weighted by atomic mass is 10.1. The number of hydrogen-bond acceptors (Lipinski definition) is 4. The summed E-state index contributed by atoms with van der Waals surface area (Å²) < 4.78 is 64.1. The van der Waals surface area contributed by atoms with Crippen molar-refractivity contribution in [3.8, 4) is 12.3 Å². The third kappa shape index (κ3) is 5.71. The second kappa shape index (κ2) is 8.62. The molecule has 0 aromatic heterocycles. The lowest BCUT2D eigenvalue weighted by Crippen LogP contribution is -2.49. The van der Waals surface area contributed by atoms with E-state index in [1.807, 2.05) is 0 Å². The molecule has 2 amide bonds. The zero-order valence-corrected chi connectivity index (χ0v) is 15.4. The Balaban J connectivity index is 2.20. The first-order valence-electron chi connectivity index (χ1n) is 8.21. The number of sulfonamides is 1. The fourth-order valence-corrected chi connectivity index (χ4v) is 4.08. The average molecular weight is 417 g/mol. The number of benzene rings is 1. The van der Waals surface area contributed by atoms with Gasteiger partial charge in [-0.05, 0) is 18.2 Å². The molecule has 1 saturated heterocycles. The van der Waals surface area contributed by atoms with E-state index in [1.54, 1.807) is 0 Å². The molecule has 0 bridgehead atoms. The third-order valence-corrected chi connectivity index (χ3v) is 5.76. The summed E-state index contributed by atoms with van der Waals surface area (Å²) in [7, 11) is -4.04. The highest BCUT2D eigenvalue weighted by atomic mass is 32.2. The molecule has 28 heavy (non-hydrogen) atoms. The molecule has 1 atom stereocenters. The number of carbonyl (C=O) groups excluding carboxylic acids is 2. The van der Waals surface area contributed by atoms with Gasteiger partial charge in [-0.1, -0.05) is 6.07 Å². The van der Waals surface area contributed by atoms with Gasteiger partial charge in [-0.25, -0.2) is 8.42 Å². The molecule has 2 rings (SSSR count). The maximum absolute atomic E-state index is 12.7. The van der Waals surface area contributed by atoms with E-state index in [0.717, 1.165) is 10.4 Å². The minimum Gasteiger partial charge on any atom is -0.354 e. The average Bonchev–Trinajstić information content (AvgIpc) is 2.60. The fraction of sp³-hybridized carbons (Fsp3) is 0.412. The van der Waals surface area contributed by atoms with Crippen molar-refractivity contribution in [2.24, 2.45) is 0 Å². The van der Waals surface area contributed by atoms with Crippen LogP contribution in [0.15, 0.2) is 29.2 Å². The van der Waals surface area contributed by atoms with Crippen LogP contribution in [0, 0.1) is 12.3 Å². The summed E-state index contributed by atoms with van der Waals surface area (Å²) in [4.78, 5) is 23.5. The van der Waals surface area contributed by atoms with Gasteiger partial charge in [-0.15, -0.1) is 12.3 Å². The Kier molecular flexibility index (Phi) is 6.69. The Hall–Kier alpha value is -2.58. The highest BCUT2D eigenvalue weighted by Gasteiger charge is 2.33. The van der Waals surface area contributed by atoms with Crippen molar-refractivity contribution >= 4 is 21.8 Å². The molecule has 1 aromatic carbocycles. The lowest BCUT2D eigenvalue weighted by molar-refractivity contribution is -0.139. The van der Waals surface area contributed by atoms with Crippen LogP contribution < -0.4 is 10.6 Å². The predicted molar refractivity (Wildman–Crippen MR) is 93.6 cm³/mol. The van der Waals surface area contributed by atoms with Crippen LogP contribution in [0.2, 0.25) is 0 Å². The largest absolute Gasteiger partial charge is 0.391 e. The summed E-state index contributed by atoms with van der Waals surface area (Å²) in [5.74, 6) is 0.747. The number of carbonyl (C=O) groups is 2. The molecule has 0 saturated carbocycles. The quantitative estimate of drug-likeness (QED) is 0.672. The van der Waals surface area contributed by atoms with Crippen LogP contribution in [0.25, 0.3) is 0 Å². The van der Waals surface area contributed by atoms with Crippen LogP contribution in [0.3, 0.4) is 0 Å². The zero-order valence-electron chi connectivity index (χ0n) is 14.6. The molecule has 0 radical (unpaired) electrons. The molecular formula is C17H18F3N3O4S. The van der Waals surface area contributed by atoms with Gasteiger partial charge >= 0.3 is 6.18 Å². The van der Waals surface area contributed by atoms with Crippen LogP contribution in [-0.4, -0.2) is 56.4 Å². The number of amides is 2. The van der Waals surface area contributed by atoms with Crippen molar-refractivity contribution in [1.29, 1.82) is 0 Å². The Morgan fingerprint density at radius 3 is 2.71 bits per heavy atom. The number of nitrogens with one attached hydrogen (secondary N) is 2. The van der Waals surface area contributed by atoms with Crippen molar-refractivity contribution < 1.29 is 31.2 Å². The molecule has 1 aromatic rings. The number of nitrogens with zero attached hydrogens (tertiary/aromatic N) is 1. The molecule has 0 spiro atoms. The Bertz CT molecular complexity index is 894. The summed E-state index contributed by atoms with van der Waals surface area (Å²) >= 11 is 0. The normalized spacial score (nSPS) is 16.7. The minimum atomic E-state index is -4.52. The molecule has 1 fully saturated rings. The maximum atomic E-state index is 12.7. The summed E-state index contributed by atoms with van der Waals surface area (Å²) in [6, 6.07) is 3.54. The Labute approximate surface area is 160 Å². The highest BCUT2D eigenvalue weighted by Crippen LogP contribution is 2.23. The van der Waals surface area contributed by atoms with Gasteiger partial charge in [0, 0.05) is 31.1 Å². The van der Waals surface area contributed by atoms with Crippen LogP contribution in [0.1, 0.15) is 23.2 Å². The molecular weight excluding hydrogens is 399 g/mol. The number of terminal acetylenes is 1. The van der Waals surface area contributed by atoms with Crippen molar-refractivity contribution in [2.45, 2.75) is 30.0 Å². The molecule has 1 aliphatic rings. The number of alkyl halides is 3. The fourth-order valence-electron chi connectivity index (χ4n) is 2.63. The van der Waals surface area contributed by atoms with Crippen LogP contribution >= 0.6 is 0 Å². The first kappa shape index (κ1) is 21.7. The smallest absolute Gasteiger partial charge is 0.354 e. The topological polar surface area (TPSA) is 95.6 Å². The molecule has 7 nitrogen and oxygen atoms in total. The van der Waals surface area contributed by atoms with E-state index >= 15 is 0 Å². The zero-order chi connectivity index (χ0) is 20.9. The predicted octanol–water partition coefficient (Wildman–Crippen LogP) is 0.881. The van der Waals surface area contributed by atoms with Crippen molar-refractivity contribution in [2.75, 3.05) is 19.6 Å². The van der Waals surface area contributed by atoms with Gasteiger partial charge in [0.15, 0.2) is 0 Å². The van der Waals surface area contributed by atoms with Gasteiger partial charge in [0.1, 0.15) is 0 Å². The van der Waals surface area contributed by atoms with E-state index in [4.69, 9.17) is 6.42 Å². The van der Waals surface area contributed by atoms with Gasteiger partial charge in [-0.3, -0.25) is 9.59 Å². The summed E-state index contributed by atoms with van der Waals surface area (Å²) in [6.45, 7) is -0.127. The number of hydrogen-bond donors (Lipinski definition) is 2. The van der Waals surface area contributed by atoms with E-state index in [1.165, 1.54) is 18.2 Å². The second-order valence-electron chi connectivity index (χ2n) is 6.11. The summed E-state index contributed by atoms with van der Waals surface area (Å²) in [5, 5.41) is 4.68. The van der Waals surface area contributed by atoms with Gasteiger partial charge in [0.25, 0.3) is 5.91 Å². The van der Waals surface area contributed by atoms with Crippen molar-refractivity contribution in [3.63, 3.8) is 0 Å². The van der Waals surface area contributed by atoms with Crippen LogP contribution in [-0.2, 0) is 14.8 Å². The SMILES string of the molecule is C#CCC(CC(F)(F)F)NC(=O)c1cccc(S(=O)(=O)N2CCNC(=O)C2)c1. The monoisotopic (exact) mass is 417 g/mol. The van der Waals surface area contributed by atoms with Crippen molar-refractivity contribution in [3.05, 3.63) is 29.8 Å². The van der Waals surface area contributed by atoms with E-state index in [9.17, 15) is 31.2 Å². The summed E-state index contributed by atoms with van der Waals surface area (Å²) in [5.41, 5.74) is -0.133. The van der Waals surface area contributed by atoms with Gasteiger partial charge in [0.2, 0.25) is 15.9 Å². The molecule has 1 unspecified atom stereocenters. The second-order valence-corrected chi connectivity index (χ2v) is 8.05. The highest BCUT2D eigenvalue weighted by molar-refractivity contribution is 7.89. The lowest BCUT2D eigenvalue weighted by Gasteiger charge is -2.26. The van der Waals surface area contributed by atoms with Crippen molar-refractivity contribution in [1.82, 2.24) is 14.9 Å². The molecule has 1 aliphatic heterocycles. The molecule has 152 valence electrons. The Morgan fingerprint density at radius 1 is 1.39 bits per heavy atom. The molecule has 11 heteroatoms. The Morgan fingerprint density at radius 2 is 2.11 bits per heavy atom. The third-order valence-electron chi connectivity index (χ3n) is 3.91. The molecule has 1 heterocycles. The maximum Gasteiger partial charge on any atom is 0.391 e. The van der Waals surface area contributed by atoms with E-state index < -0.39 is 40.5 Å². The van der Waals surface area contributed by atoms with Crippen LogP contribution in [0.5, 0.6) is 0 Å². The molecule has 0 aliphatic carbocycles. The number of rotatable bonds is 6. The first-order chi connectivity index (χ1) is 13.0. The van der Waals surface area contributed by atoms with Crippen LogP contribution in [0.4, 0.5) is 13.2 Å².